The van der Waals surface area contributed by atoms with Crippen molar-refractivity contribution >= 4 is 18.3 Å². The quantitative estimate of drug-likeness (QED) is 0.779. The first-order valence-electron chi connectivity index (χ1n) is 5.99. The lowest BCUT2D eigenvalue weighted by Crippen LogP contribution is -2.48. The second-order valence-corrected chi connectivity index (χ2v) is 4.38. The molecule has 0 radical (unpaired) electrons. The molecule has 0 bridgehead atoms. The Hall–Kier alpha value is -0.320. The molecule has 0 spiro atoms. The molecule has 0 aromatic heterocycles. The van der Waals surface area contributed by atoms with Gasteiger partial charge >= 0.3 is 0 Å². The van der Waals surface area contributed by atoms with Gasteiger partial charge in [-0.3, -0.25) is 4.79 Å². The number of halogens is 1. The molecule has 94 valence electrons. The van der Waals surface area contributed by atoms with E-state index in [2.05, 4.69) is 10.6 Å². The molecule has 2 aliphatic heterocycles. The first-order valence-corrected chi connectivity index (χ1v) is 5.99. The molecular weight excluding hydrogens is 228 g/mol. The van der Waals surface area contributed by atoms with Crippen LogP contribution in [0.2, 0.25) is 0 Å². The number of carbonyl (C=O) groups is 1. The molecule has 0 saturated carbocycles. The van der Waals surface area contributed by atoms with E-state index >= 15 is 0 Å². The van der Waals surface area contributed by atoms with E-state index in [-0.39, 0.29) is 30.5 Å². The van der Waals surface area contributed by atoms with Crippen molar-refractivity contribution in [2.45, 2.75) is 44.2 Å². The minimum atomic E-state index is 0. The maximum atomic E-state index is 11.7. The number of rotatable bonds is 3. The summed E-state index contributed by atoms with van der Waals surface area (Å²) < 4.78 is 5.46. The zero-order chi connectivity index (χ0) is 10.5. The number of hydrogen-bond acceptors (Lipinski definition) is 3. The lowest BCUT2D eigenvalue weighted by atomic mass is 10.0. The Kier molecular flexibility index (Phi) is 6.09. The molecule has 1 unspecified atom stereocenters. The normalized spacial score (nSPS) is 29.5. The fourth-order valence-corrected chi connectivity index (χ4v) is 2.22. The Morgan fingerprint density at radius 2 is 2.19 bits per heavy atom. The molecule has 2 fully saturated rings. The Labute approximate surface area is 103 Å². The van der Waals surface area contributed by atoms with Crippen LogP contribution in [-0.4, -0.2) is 37.7 Å². The van der Waals surface area contributed by atoms with Crippen molar-refractivity contribution in [1.29, 1.82) is 0 Å². The molecule has 4 nitrogen and oxygen atoms in total. The number of nitrogens with one attached hydrogen (secondary N) is 2. The molecule has 0 aromatic carbocycles. The lowest BCUT2D eigenvalue weighted by molar-refractivity contribution is -0.124. The van der Waals surface area contributed by atoms with Gasteiger partial charge in [0.1, 0.15) is 0 Å². The minimum Gasteiger partial charge on any atom is -0.376 e. The standard InChI is InChI=1S/C11H20N2O2.ClH/c14-11(10-5-1-2-6-12-10)13-8-9-4-3-7-15-9;/h9-10,12H,1-8H2,(H,13,14);1H/t9?,10-;/m1./s1. The molecule has 2 saturated heterocycles. The molecule has 5 heteroatoms. The number of hydrogen-bond donors (Lipinski definition) is 2. The first kappa shape index (κ1) is 13.7. The van der Waals surface area contributed by atoms with Gasteiger partial charge in [-0.25, -0.2) is 0 Å². The maximum absolute atomic E-state index is 11.7. The maximum Gasteiger partial charge on any atom is 0.237 e. The van der Waals surface area contributed by atoms with Gasteiger partial charge < -0.3 is 15.4 Å². The zero-order valence-electron chi connectivity index (χ0n) is 9.54. The van der Waals surface area contributed by atoms with Crippen molar-refractivity contribution in [1.82, 2.24) is 10.6 Å². The predicted molar refractivity (Wildman–Crippen MR) is 64.9 cm³/mol. The van der Waals surface area contributed by atoms with Gasteiger partial charge in [-0.1, -0.05) is 6.42 Å². The van der Waals surface area contributed by atoms with E-state index in [1.165, 1.54) is 6.42 Å². The fourth-order valence-electron chi connectivity index (χ4n) is 2.22. The summed E-state index contributed by atoms with van der Waals surface area (Å²) >= 11 is 0. The summed E-state index contributed by atoms with van der Waals surface area (Å²) in [7, 11) is 0. The monoisotopic (exact) mass is 248 g/mol. The van der Waals surface area contributed by atoms with E-state index in [9.17, 15) is 4.79 Å². The second-order valence-electron chi connectivity index (χ2n) is 4.38. The van der Waals surface area contributed by atoms with E-state index in [1.54, 1.807) is 0 Å². The molecule has 0 aromatic rings. The van der Waals surface area contributed by atoms with Crippen LogP contribution in [0.5, 0.6) is 0 Å². The van der Waals surface area contributed by atoms with Gasteiger partial charge in [-0.05, 0) is 32.2 Å². The molecule has 1 amide bonds. The Bertz CT molecular complexity index is 214. The topological polar surface area (TPSA) is 50.4 Å². The van der Waals surface area contributed by atoms with Crippen molar-refractivity contribution in [2.75, 3.05) is 19.7 Å². The van der Waals surface area contributed by atoms with Gasteiger partial charge in [-0.15, -0.1) is 12.4 Å². The van der Waals surface area contributed by atoms with Gasteiger partial charge in [0.2, 0.25) is 5.91 Å². The van der Waals surface area contributed by atoms with Gasteiger partial charge in [0.25, 0.3) is 0 Å². The largest absolute Gasteiger partial charge is 0.376 e. The van der Waals surface area contributed by atoms with Gasteiger partial charge in [0.05, 0.1) is 12.1 Å². The lowest BCUT2D eigenvalue weighted by Gasteiger charge is -2.23. The third-order valence-corrected chi connectivity index (χ3v) is 3.15. The van der Waals surface area contributed by atoms with Gasteiger partial charge in [0, 0.05) is 13.2 Å². The van der Waals surface area contributed by atoms with E-state index < -0.39 is 0 Å². The van der Waals surface area contributed by atoms with Crippen molar-refractivity contribution in [3.63, 3.8) is 0 Å². The van der Waals surface area contributed by atoms with Crippen molar-refractivity contribution in [3.05, 3.63) is 0 Å². The Balaban J connectivity index is 0.00000128. The smallest absolute Gasteiger partial charge is 0.237 e. The predicted octanol–water partition coefficient (Wildman–Crippen LogP) is 0.845. The fraction of sp³-hybridized carbons (Fsp3) is 0.909. The summed E-state index contributed by atoms with van der Waals surface area (Å²) in [5.74, 6) is 0.144. The number of carbonyl (C=O) groups excluding carboxylic acids is 1. The summed E-state index contributed by atoms with van der Waals surface area (Å²) in [5.41, 5.74) is 0. The van der Waals surface area contributed by atoms with Gasteiger partial charge in [-0.2, -0.15) is 0 Å². The highest BCUT2D eigenvalue weighted by atomic mass is 35.5. The summed E-state index contributed by atoms with van der Waals surface area (Å²) in [6.07, 6.45) is 5.77. The number of amides is 1. The second kappa shape index (κ2) is 7.09. The average Bonchev–Trinajstić information content (AvgIpc) is 2.80. The molecule has 2 rings (SSSR count). The summed E-state index contributed by atoms with van der Waals surface area (Å²) in [6, 6.07) is 0.0279. The van der Waals surface area contributed by atoms with Gasteiger partial charge in [0.15, 0.2) is 0 Å². The van der Waals surface area contributed by atoms with E-state index in [0.717, 1.165) is 38.8 Å². The summed E-state index contributed by atoms with van der Waals surface area (Å²) in [4.78, 5) is 11.7. The van der Waals surface area contributed by atoms with Crippen molar-refractivity contribution in [2.24, 2.45) is 0 Å². The third-order valence-electron chi connectivity index (χ3n) is 3.15. The number of piperidine rings is 1. The van der Waals surface area contributed by atoms with E-state index in [1.807, 2.05) is 0 Å². The highest BCUT2D eigenvalue weighted by Crippen LogP contribution is 2.11. The van der Waals surface area contributed by atoms with Crippen molar-refractivity contribution in [3.8, 4) is 0 Å². The average molecular weight is 249 g/mol. The van der Waals surface area contributed by atoms with Crippen molar-refractivity contribution < 1.29 is 9.53 Å². The molecule has 16 heavy (non-hydrogen) atoms. The highest BCUT2D eigenvalue weighted by Gasteiger charge is 2.22. The third kappa shape index (κ3) is 3.92. The summed E-state index contributed by atoms with van der Waals surface area (Å²) in [5, 5.41) is 6.21. The van der Waals surface area contributed by atoms with Crippen LogP contribution in [0.3, 0.4) is 0 Å². The SMILES string of the molecule is Cl.O=C(NCC1CCCO1)[C@H]1CCCCN1. The van der Waals surface area contributed by atoms with E-state index in [0.29, 0.717) is 6.54 Å². The molecule has 2 atom stereocenters. The molecule has 2 aliphatic rings. The Morgan fingerprint density at radius 1 is 1.31 bits per heavy atom. The van der Waals surface area contributed by atoms with Crippen LogP contribution < -0.4 is 10.6 Å². The highest BCUT2D eigenvalue weighted by molar-refractivity contribution is 5.85. The van der Waals surface area contributed by atoms with Crippen LogP contribution in [0.25, 0.3) is 0 Å². The summed E-state index contributed by atoms with van der Waals surface area (Å²) in [6.45, 7) is 2.50. The molecule has 0 aliphatic carbocycles. The van der Waals surface area contributed by atoms with Crippen LogP contribution in [0.1, 0.15) is 32.1 Å². The molecule has 2 N–H and O–H groups in total. The first-order chi connectivity index (χ1) is 7.36. The molecular formula is C11H21ClN2O2. The molecule has 2 heterocycles. The van der Waals surface area contributed by atoms with Crippen LogP contribution in [0.15, 0.2) is 0 Å². The van der Waals surface area contributed by atoms with Crippen LogP contribution in [-0.2, 0) is 9.53 Å². The zero-order valence-corrected chi connectivity index (χ0v) is 10.4. The van der Waals surface area contributed by atoms with E-state index in [4.69, 9.17) is 4.74 Å². The minimum absolute atomic E-state index is 0. The Morgan fingerprint density at radius 3 is 2.81 bits per heavy atom. The van der Waals surface area contributed by atoms with Crippen LogP contribution >= 0.6 is 12.4 Å². The van der Waals surface area contributed by atoms with Crippen LogP contribution in [0.4, 0.5) is 0 Å². The number of ether oxygens (including phenoxy) is 1. The van der Waals surface area contributed by atoms with Crippen LogP contribution in [0, 0.1) is 0 Å².